The van der Waals surface area contributed by atoms with E-state index in [0.717, 1.165) is 60.9 Å². The fourth-order valence-corrected chi connectivity index (χ4v) is 4.92. The summed E-state index contributed by atoms with van der Waals surface area (Å²) < 4.78 is 18.1. The van der Waals surface area contributed by atoms with E-state index in [1.165, 1.54) is 5.56 Å². The van der Waals surface area contributed by atoms with Gasteiger partial charge in [-0.15, -0.1) is 0 Å². The van der Waals surface area contributed by atoms with Crippen LogP contribution in [0.25, 0.3) is 0 Å². The molecule has 1 atom stereocenters. The molecule has 4 aliphatic heterocycles. The highest BCUT2D eigenvalue weighted by molar-refractivity contribution is 6.02. The molecule has 4 aliphatic rings. The predicted molar refractivity (Wildman–Crippen MR) is 110 cm³/mol. The molecule has 4 heterocycles. The van der Waals surface area contributed by atoms with E-state index in [2.05, 4.69) is 53.4 Å². The van der Waals surface area contributed by atoms with E-state index in [-0.39, 0.29) is 11.8 Å². The first kappa shape index (κ1) is 17.2. The fourth-order valence-electron chi connectivity index (χ4n) is 4.92. The fraction of sp³-hybridized carbons (Fsp3) is 0.435. The number of para-hydroxylation sites is 1. The molecule has 0 aromatic heterocycles. The first-order valence-electron chi connectivity index (χ1n) is 10.5. The van der Waals surface area contributed by atoms with E-state index in [9.17, 15) is 0 Å². The normalized spacial score (nSPS) is 24.5. The molecule has 150 valence electrons. The van der Waals surface area contributed by atoms with Crippen LogP contribution < -0.4 is 14.2 Å². The van der Waals surface area contributed by atoms with Gasteiger partial charge >= 0.3 is 0 Å². The first-order valence-corrected chi connectivity index (χ1v) is 10.5. The Bertz CT molecular complexity index is 981. The lowest BCUT2D eigenvalue weighted by Gasteiger charge is -2.50. The van der Waals surface area contributed by atoms with Gasteiger partial charge in [-0.2, -0.15) is 5.10 Å². The van der Waals surface area contributed by atoms with Crippen LogP contribution in [0.5, 0.6) is 17.2 Å². The van der Waals surface area contributed by atoms with Crippen LogP contribution in [-0.2, 0) is 0 Å². The van der Waals surface area contributed by atoms with Gasteiger partial charge < -0.3 is 19.1 Å². The highest BCUT2D eigenvalue weighted by Gasteiger charge is 2.51. The summed E-state index contributed by atoms with van der Waals surface area (Å²) in [5, 5.41) is 7.40. The molecule has 0 unspecified atom stereocenters. The molecule has 1 fully saturated rings. The van der Waals surface area contributed by atoms with E-state index in [0.29, 0.717) is 13.2 Å². The molecular formula is C23H25N3O3. The number of piperidine rings is 1. The number of hydrazone groups is 1. The van der Waals surface area contributed by atoms with Crippen molar-refractivity contribution in [3.8, 4) is 17.2 Å². The smallest absolute Gasteiger partial charge is 0.200 e. The van der Waals surface area contributed by atoms with Gasteiger partial charge in [0.1, 0.15) is 19.0 Å². The number of benzene rings is 2. The van der Waals surface area contributed by atoms with Gasteiger partial charge in [0.25, 0.3) is 0 Å². The summed E-state index contributed by atoms with van der Waals surface area (Å²) >= 11 is 0. The van der Waals surface area contributed by atoms with E-state index < -0.39 is 0 Å². The Morgan fingerprint density at radius 1 is 0.966 bits per heavy atom. The molecule has 0 amide bonds. The molecule has 6 nitrogen and oxygen atoms in total. The van der Waals surface area contributed by atoms with Crippen LogP contribution in [0, 0.1) is 0 Å². The number of rotatable bonds is 1. The van der Waals surface area contributed by atoms with Crippen LogP contribution in [0.3, 0.4) is 0 Å². The van der Waals surface area contributed by atoms with E-state index in [1.807, 2.05) is 6.07 Å². The van der Waals surface area contributed by atoms with Crippen LogP contribution in [0.15, 0.2) is 47.6 Å². The van der Waals surface area contributed by atoms with Gasteiger partial charge in [-0.25, -0.2) is 5.01 Å². The number of hydrogen-bond acceptors (Lipinski definition) is 6. The maximum atomic E-state index is 6.64. The van der Waals surface area contributed by atoms with Gasteiger partial charge in [-0.05, 0) is 31.3 Å². The van der Waals surface area contributed by atoms with Crippen molar-refractivity contribution in [3.63, 3.8) is 0 Å². The van der Waals surface area contributed by atoms with Crippen molar-refractivity contribution >= 4 is 5.71 Å². The highest BCUT2D eigenvalue weighted by atomic mass is 16.6. The van der Waals surface area contributed by atoms with Gasteiger partial charge in [0, 0.05) is 43.5 Å². The SMILES string of the molecule is CN1CCC2(CC1)Oc1ccccc1[C@H]1CC(c3ccc4c(c3)OCCO4)=NN12. The molecule has 0 bridgehead atoms. The number of nitrogens with zero attached hydrogens (tertiary/aromatic N) is 3. The maximum Gasteiger partial charge on any atom is 0.200 e. The van der Waals surface area contributed by atoms with Crippen molar-refractivity contribution in [2.24, 2.45) is 5.10 Å². The quantitative estimate of drug-likeness (QED) is 0.745. The second-order valence-corrected chi connectivity index (χ2v) is 8.36. The zero-order chi connectivity index (χ0) is 19.4. The Morgan fingerprint density at radius 2 is 1.76 bits per heavy atom. The summed E-state index contributed by atoms with van der Waals surface area (Å²) in [5.74, 6) is 2.64. The Balaban J connectivity index is 1.40. The van der Waals surface area contributed by atoms with Gasteiger partial charge in [0.15, 0.2) is 11.5 Å². The van der Waals surface area contributed by atoms with Gasteiger partial charge in [-0.3, -0.25) is 0 Å². The summed E-state index contributed by atoms with van der Waals surface area (Å²) in [6, 6.07) is 14.8. The van der Waals surface area contributed by atoms with Crippen LogP contribution in [0.2, 0.25) is 0 Å². The topological polar surface area (TPSA) is 46.5 Å². The minimum Gasteiger partial charge on any atom is -0.486 e. The molecular weight excluding hydrogens is 366 g/mol. The van der Waals surface area contributed by atoms with Crippen LogP contribution in [0.4, 0.5) is 0 Å². The minimum atomic E-state index is -0.360. The van der Waals surface area contributed by atoms with Gasteiger partial charge in [-0.1, -0.05) is 18.2 Å². The van der Waals surface area contributed by atoms with E-state index in [4.69, 9.17) is 19.3 Å². The second kappa shape index (κ2) is 6.39. The van der Waals surface area contributed by atoms with Gasteiger partial charge in [0.05, 0.1) is 11.8 Å². The molecule has 6 rings (SSSR count). The van der Waals surface area contributed by atoms with Crippen LogP contribution in [-0.4, -0.2) is 54.7 Å². The lowest BCUT2D eigenvalue weighted by Crippen LogP contribution is -2.58. The molecule has 1 saturated heterocycles. The Kier molecular flexibility index (Phi) is 3.78. The summed E-state index contributed by atoms with van der Waals surface area (Å²) in [6.45, 7) is 3.23. The average Bonchev–Trinajstić information content (AvgIpc) is 3.22. The van der Waals surface area contributed by atoms with E-state index >= 15 is 0 Å². The summed E-state index contributed by atoms with van der Waals surface area (Å²) in [6.07, 6.45) is 2.77. The van der Waals surface area contributed by atoms with E-state index in [1.54, 1.807) is 0 Å². The van der Waals surface area contributed by atoms with Crippen molar-refractivity contribution in [1.29, 1.82) is 0 Å². The Morgan fingerprint density at radius 3 is 2.62 bits per heavy atom. The summed E-state index contributed by atoms with van der Waals surface area (Å²) in [4.78, 5) is 2.37. The van der Waals surface area contributed by atoms with Crippen molar-refractivity contribution in [2.45, 2.75) is 31.0 Å². The lowest BCUT2D eigenvalue weighted by molar-refractivity contribution is -0.147. The van der Waals surface area contributed by atoms with Gasteiger partial charge in [0.2, 0.25) is 5.72 Å². The van der Waals surface area contributed by atoms with Crippen molar-refractivity contribution in [1.82, 2.24) is 9.91 Å². The standard InChI is InChI=1S/C23H25N3O3/c1-25-10-8-23(9-11-25)26-19(17-4-2-3-5-20(17)29-23)15-18(24-26)16-6-7-21-22(14-16)28-13-12-27-21/h2-7,14,19H,8-13,15H2,1H3/t19-/m1/s1. The first-order chi connectivity index (χ1) is 14.2. The Hall–Kier alpha value is -2.73. The second-order valence-electron chi connectivity index (χ2n) is 8.36. The number of ether oxygens (including phenoxy) is 3. The van der Waals surface area contributed by atoms with Crippen molar-refractivity contribution < 1.29 is 14.2 Å². The molecule has 0 N–H and O–H groups in total. The zero-order valence-electron chi connectivity index (χ0n) is 16.6. The van der Waals surface area contributed by atoms with Crippen molar-refractivity contribution in [2.75, 3.05) is 33.4 Å². The zero-order valence-corrected chi connectivity index (χ0v) is 16.6. The largest absolute Gasteiger partial charge is 0.486 e. The molecule has 0 aliphatic carbocycles. The van der Waals surface area contributed by atoms with Crippen LogP contribution >= 0.6 is 0 Å². The molecule has 2 aromatic rings. The highest BCUT2D eigenvalue weighted by Crippen LogP contribution is 2.50. The number of likely N-dealkylation sites (tertiary alicyclic amines) is 1. The summed E-state index contributed by atoms with van der Waals surface area (Å²) in [5.41, 5.74) is 3.06. The Labute approximate surface area is 170 Å². The third kappa shape index (κ3) is 2.69. The number of fused-ring (bicyclic) bond motifs is 5. The third-order valence-corrected chi connectivity index (χ3v) is 6.55. The molecule has 0 saturated carbocycles. The molecule has 2 aromatic carbocycles. The molecule has 6 heteroatoms. The molecule has 1 spiro atoms. The van der Waals surface area contributed by atoms with Crippen molar-refractivity contribution in [3.05, 3.63) is 53.6 Å². The lowest BCUT2D eigenvalue weighted by atomic mass is 9.91. The monoisotopic (exact) mass is 391 g/mol. The predicted octanol–water partition coefficient (Wildman–Crippen LogP) is 3.42. The average molecular weight is 391 g/mol. The number of hydrogen-bond donors (Lipinski definition) is 0. The summed E-state index contributed by atoms with van der Waals surface area (Å²) in [7, 11) is 2.18. The minimum absolute atomic E-state index is 0.214. The van der Waals surface area contributed by atoms with Crippen LogP contribution in [0.1, 0.15) is 36.4 Å². The third-order valence-electron chi connectivity index (χ3n) is 6.55. The molecule has 29 heavy (non-hydrogen) atoms. The molecule has 0 radical (unpaired) electrons. The maximum absolute atomic E-state index is 6.64.